The summed E-state index contributed by atoms with van der Waals surface area (Å²) in [6.45, 7) is 5.70. The van der Waals surface area contributed by atoms with E-state index in [-0.39, 0.29) is 24.8 Å². The number of carboxylic acid groups (broad SMARTS) is 1. The van der Waals surface area contributed by atoms with Crippen molar-refractivity contribution in [2.24, 2.45) is 0 Å². The van der Waals surface area contributed by atoms with Crippen LogP contribution >= 0.6 is 0 Å². The molecule has 2 amide bonds. The summed E-state index contributed by atoms with van der Waals surface area (Å²) in [6, 6.07) is 11.1. The maximum atomic E-state index is 13.6. The van der Waals surface area contributed by atoms with E-state index < -0.39 is 11.8 Å². The smallest absolute Gasteiger partial charge is 0.336 e. The van der Waals surface area contributed by atoms with Crippen LogP contribution in [0.15, 0.2) is 42.5 Å². The van der Waals surface area contributed by atoms with Gasteiger partial charge in [-0.25, -0.2) is 14.0 Å². The molecule has 0 heterocycles. The number of nitrogens with one attached hydrogen (secondary N) is 1. The third-order valence-electron chi connectivity index (χ3n) is 7.23. The number of ether oxygens (including phenoxy) is 2. The fourth-order valence-electron chi connectivity index (χ4n) is 5.09. The summed E-state index contributed by atoms with van der Waals surface area (Å²) < 4.78 is 25.9. The number of nitrogens with zero attached hydrogens (tertiary/aromatic N) is 1. The Labute approximate surface area is 231 Å². The fraction of sp³-hybridized carbons (Fsp3) is 0.548. The van der Waals surface area contributed by atoms with Crippen molar-refractivity contribution in [3.63, 3.8) is 0 Å². The van der Waals surface area contributed by atoms with Gasteiger partial charge in [0, 0.05) is 18.8 Å². The standard InChI is InChI=1S/C31H43FN2O5/c1-3-4-5-6-7-17-34(31(37)33-26-14-9-13-25(32)20-26)18-19-38-27-15-10-16-28(21-27)39-22-24-12-8-11-23(2)29(24)30(35)36/h8-9,11-14,20,27-28H,3-7,10,15-19,21-22H2,1-2H3,(H,33,37)(H,35,36)/t27-,28+/m0/s1. The van der Waals surface area contributed by atoms with E-state index in [9.17, 15) is 19.1 Å². The minimum Gasteiger partial charge on any atom is -0.478 e. The molecule has 8 heteroatoms. The minimum atomic E-state index is -0.937. The Morgan fingerprint density at radius 2 is 1.77 bits per heavy atom. The van der Waals surface area contributed by atoms with E-state index in [1.807, 2.05) is 6.07 Å². The first-order valence-electron chi connectivity index (χ1n) is 14.2. The van der Waals surface area contributed by atoms with E-state index in [4.69, 9.17) is 9.47 Å². The monoisotopic (exact) mass is 542 g/mol. The van der Waals surface area contributed by atoms with E-state index in [1.54, 1.807) is 36.1 Å². The van der Waals surface area contributed by atoms with Gasteiger partial charge in [0.1, 0.15) is 5.82 Å². The van der Waals surface area contributed by atoms with Gasteiger partial charge in [-0.3, -0.25) is 0 Å². The van der Waals surface area contributed by atoms with Crippen LogP contribution in [-0.4, -0.2) is 53.9 Å². The number of aryl methyl sites for hydroxylation is 1. The minimum absolute atomic E-state index is 0.00292. The van der Waals surface area contributed by atoms with Crippen LogP contribution in [0.1, 0.15) is 86.2 Å². The quantitative estimate of drug-likeness (QED) is 0.233. The second kappa shape index (κ2) is 16.2. The summed E-state index contributed by atoms with van der Waals surface area (Å²) in [4.78, 5) is 26.4. The number of carboxylic acids is 1. The Bertz CT molecular complexity index is 1060. The number of halogens is 1. The molecule has 0 radical (unpaired) electrons. The van der Waals surface area contributed by atoms with Crippen LogP contribution in [0, 0.1) is 12.7 Å². The highest BCUT2D eigenvalue weighted by Crippen LogP contribution is 2.25. The Kier molecular flexibility index (Phi) is 12.7. The van der Waals surface area contributed by atoms with Gasteiger partial charge in [0.15, 0.2) is 0 Å². The second-order valence-electron chi connectivity index (χ2n) is 10.3. The molecule has 0 aliphatic heterocycles. The summed E-state index contributed by atoms with van der Waals surface area (Å²) in [7, 11) is 0. The number of urea groups is 1. The molecule has 1 aliphatic carbocycles. The molecule has 1 aliphatic rings. The zero-order chi connectivity index (χ0) is 28.0. The third kappa shape index (κ3) is 10.3. The van der Waals surface area contributed by atoms with E-state index in [2.05, 4.69) is 12.2 Å². The molecule has 214 valence electrons. The van der Waals surface area contributed by atoms with Crippen molar-refractivity contribution in [3.05, 3.63) is 65.0 Å². The molecule has 0 bridgehead atoms. The topological polar surface area (TPSA) is 88.1 Å². The number of rotatable bonds is 15. The zero-order valence-corrected chi connectivity index (χ0v) is 23.3. The van der Waals surface area contributed by atoms with Gasteiger partial charge in [-0.15, -0.1) is 0 Å². The fourth-order valence-corrected chi connectivity index (χ4v) is 5.09. The van der Waals surface area contributed by atoms with Crippen molar-refractivity contribution in [2.45, 2.75) is 90.4 Å². The molecular formula is C31H43FN2O5. The number of hydrogen-bond donors (Lipinski definition) is 2. The first-order chi connectivity index (χ1) is 18.9. The van der Waals surface area contributed by atoms with Gasteiger partial charge in [0.2, 0.25) is 0 Å². The van der Waals surface area contributed by atoms with Gasteiger partial charge in [-0.1, -0.05) is 56.9 Å². The van der Waals surface area contributed by atoms with Crippen LogP contribution in [0.5, 0.6) is 0 Å². The Morgan fingerprint density at radius 3 is 2.51 bits per heavy atom. The second-order valence-corrected chi connectivity index (χ2v) is 10.3. The molecule has 39 heavy (non-hydrogen) atoms. The van der Waals surface area contributed by atoms with Crippen molar-refractivity contribution in [3.8, 4) is 0 Å². The van der Waals surface area contributed by atoms with E-state index in [0.29, 0.717) is 36.5 Å². The SMILES string of the molecule is CCCCCCCN(CCO[C@H]1CCC[C@@H](OCc2cccc(C)c2C(=O)O)C1)C(=O)Nc1cccc(F)c1. The van der Waals surface area contributed by atoms with E-state index in [1.165, 1.54) is 18.6 Å². The van der Waals surface area contributed by atoms with Crippen molar-refractivity contribution in [1.82, 2.24) is 4.90 Å². The van der Waals surface area contributed by atoms with Crippen LogP contribution < -0.4 is 5.32 Å². The first-order valence-corrected chi connectivity index (χ1v) is 14.2. The number of carbonyl (C=O) groups is 2. The van der Waals surface area contributed by atoms with Crippen LogP contribution in [0.3, 0.4) is 0 Å². The molecule has 2 aromatic rings. The summed E-state index contributed by atoms with van der Waals surface area (Å²) in [5.74, 6) is -1.33. The van der Waals surface area contributed by atoms with Gasteiger partial charge in [0.25, 0.3) is 0 Å². The Hall–Kier alpha value is -2.97. The van der Waals surface area contributed by atoms with Crippen molar-refractivity contribution in [1.29, 1.82) is 0 Å². The lowest BCUT2D eigenvalue weighted by Crippen LogP contribution is -2.39. The highest BCUT2D eigenvalue weighted by atomic mass is 19.1. The molecule has 2 N–H and O–H groups in total. The number of aromatic carboxylic acids is 1. The normalized spacial score (nSPS) is 17.1. The van der Waals surface area contributed by atoms with Crippen LogP contribution in [0.4, 0.5) is 14.9 Å². The van der Waals surface area contributed by atoms with Crippen molar-refractivity contribution < 1.29 is 28.6 Å². The van der Waals surface area contributed by atoms with Crippen LogP contribution in [0.2, 0.25) is 0 Å². The Morgan fingerprint density at radius 1 is 1.03 bits per heavy atom. The van der Waals surface area contributed by atoms with Gasteiger partial charge >= 0.3 is 12.0 Å². The van der Waals surface area contributed by atoms with Gasteiger partial charge in [-0.05, 0) is 68.4 Å². The molecule has 0 spiro atoms. The van der Waals surface area contributed by atoms with Crippen LogP contribution in [0.25, 0.3) is 0 Å². The highest BCUT2D eigenvalue weighted by Gasteiger charge is 2.24. The first kappa shape index (κ1) is 30.6. The molecule has 1 fully saturated rings. The lowest BCUT2D eigenvalue weighted by molar-refractivity contribution is -0.0523. The molecule has 3 rings (SSSR count). The van der Waals surface area contributed by atoms with Crippen LogP contribution in [-0.2, 0) is 16.1 Å². The predicted octanol–water partition coefficient (Wildman–Crippen LogP) is 7.18. The molecule has 1 saturated carbocycles. The molecule has 2 aromatic carbocycles. The Balaban J connectivity index is 1.49. The summed E-state index contributed by atoms with van der Waals surface area (Å²) in [5, 5.41) is 12.4. The van der Waals surface area contributed by atoms with Crippen molar-refractivity contribution >= 4 is 17.7 Å². The number of hydrogen-bond acceptors (Lipinski definition) is 4. The maximum Gasteiger partial charge on any atom is 0.336 e. The molecular weight excluding hydrogens is 499 g/mol. The van der Waals surface area contributed by atoms with Gasteiger partial charge in [-0.2, -0.15) is 0 Å². The van der Waals surface area contributed by atoms with E-state index >= 15 is 0 Å². The number of amides is 2. The molecule has 0 aromatic heterocycles. The number of benzene rings is 2. The molecule has 0 saturated heterocycles. The summed E-state index contributed by atoms with van der Waals surface area (Å²) in [5.41, 5.74) is 2.16. The number of anilines is 1. The van der Waals surface area contributed by atoms with E-state index in [0.717, 1.165) is 56.9 Å². The number of unbranched alkanes of at least 4 members (excludes halogenated alkanes) is 4. The zero-order valence-electron chi connectivity index (χ0n) is 23.3. The number of carbonyl (C=O) groups excluding carboxylic acids is 1. The average molecular weight is 543 g/mol. The van der Waals surface area contributed by atoms with Gasteiger partial charge < -0.3 is 24.8 Å². The lowest BCUT2D eigenvalue weighted by Gasteiger charge is -2.30. The maximum absolute atomic E-state index is 13.6. The highest BCUT2D eigenvalue weighted by molar-refractivity contribution is 5.91. The third-order valence-corrected chi connectivity index (χ3v) is 7.23. The predicted molar refractivity (Wildman–Crippen MR) is 151 cm³/mol. The molecule has 2 atom stereocenters. The summed E-state index contributed by atoms with van der Waals surface area (Å²) in [6.07, 6.45) is 9.03. The lowest BCUT2D eigenvalue weighted by atomic mass is 9.94. The largest absolute Gasteiger partial charge is 0.478 e. The summed E-state index contributed by atoms with van der Waals surface area (Å²) >= 11 is 0. The molecule has 0 unspecified atom stereocenters. The average Bonchev–Trinajstić information content (AvgIpc) is 2.90. The molecule has 7 nitrogen and oxygen atoms in total. The van der Waals surface area contributed by atoms with Gasteiger partial charge in [0.05, 0.1) is 31.0 Å². The van der Waals surface area contributed by atoms with Crippen molar-refractivity contribution in [2.75, 3.05) is 25.0 Å².